The van der Waals surface area contributed by atoms with Crippen LogP contribution in [0.5, 0.6) is 0 Å². The van der Waals surface area contributed by atoms with E-state index in [9.17, 15) is 9.59 Å². The minimum atomic E-state index is -1.17. The molecule has 0 saturated heterocycles. The quantitative estimate of drug-likeness (QED) is 0.887. The number of carbonyl (C=O) groups is 2. The van der Waals surface area contributed by atoms with Crippen LogP contribution in [-0.4, -0.2) is 26.8 Å². The number of carboxylic acids is 1. The third-order valence-electron chi connectivity index (χ3n) is 3.58. The average molecular weight is 301 g/mol. The summed E-state index contributed by atoms with van der Waals surface area (Å²) in [4.78, 5) is 23.6. The molecule has 1 heterocycles. The molecule has 0 saturated carbocycles. The molecule has 0 fully saturated rings. The van der Waals surface area contributed by atoms with E-state index in [1.807, 2.05) is 38.1 Å². The van der Waals surface area contributed by atoms with E-state index in [2.05, 4.69) is 10.4 Å². The molecular formula is C16H19N3O3. The fourth-order valence-corrected chi connectivity index (χ4v) is 2.31. The van der Waals surface area contributed by atoms with E-state index >= 15 is 0 Å². The van der Waals surface area contributed by atoms with Crippen LogP contribution in [0.15, 0.2) is 30.5 Å². The van der Waals surface area contributed by atoms with Gasteiger partial charge in [0.05, 0.1) is 12.2 Å². The topological polar surface area (TPSA) is 84.2 Å². The van der Waals surface area contributed by atoms with Gasteiger partial charge in [-0.1, -0.05) is 36.8 Å². The molecule has 6 nitrogen and oxygen atoms in total. The van der Waals surface area contributed by atoms with Crippen molar-refractivity contribution in [1.29, 1.82) is 0 Å². The van der Waals surface area contributed by atoms with Crippen molar-refractivity contribution in [2.24, 2.45) is 7.05 Å². The second kappa shape index (κ2) is 6.43. The number of nitrogens with zero attached hydrogens (tertiary/aromatic N) is 2. The Labute approximate surface area is 128 Å². The van der Waals surface area contributed by atoms with Gasteiger partial charge in [-0.15, -0.1) is 0 Å². The summed E-state index contributed by atoms with van der Waals surface area (Å²) in [6.07, 6.45) is 1.89. The van der Waals surface area contributed by atoms with Crippen LogP contribution >= 0.6 is 0 Å². The second-order valence-corrected chi connectivity index (χ2v) is 5.18. The fourth-order valence-electron chi connectivity index (χ4n) is 2.31. The molecule has 0 aliphatic heterocycles. The molecule has 1 atom stereocenters. The SMILES string of the molecule is CC[C@@H](NC(=O)c1c(C(=O)O)cnn1C)c1ccc(C)cc1. The van der Waals surface area contributed by atoms with Crippen molar-refractivity contribution >= 4 is 11.9 Å². The van der Waals surface area contributed by atoms with Gasteiger partial charge in [-0.2, -0.15) is 5.10 Å². The van der Waals surface area contributed by atoms with Gasteiger partial charge < -0.3 is 10.4 Å². The van der Waals surface area contributed by atoms with Crippen LogP contribution < -0.4 is 5.32 Å². The van der Waals surface area contributed by atoms with E-state index in [4.69, 9.17) is 5.11 Å². The number of amides is 1. The van der Waals surface area contributed by atoms with Crippen molar-refractivity contribution in [1.82, 2.24) is 15.1 Å². The second-order valence-electron chi connectivity index (χ2n) is 5.18. The maximum atomic E-state index is 12.4. The lowest BCUT2D eigenvalue weighted by atomic mass is 10.0. The fraction of sp³-hybridized carbons (Fsp3) is 0.312. The van der Waals surface area contributed by atoms with E-state index < -0.39 is 11.9 Å². The highest BCUT2D eigenvalue weighted by molar-refractivity contribution is 6.03. The summed E-state index contributed by atoms with van der Waals surface area (Å²) in [7, 11) is 1.55. The number of benzene rings is 1. The molecule has 2 N–H and O–H groups in total. The van der Waals surface area contributed by atoms with Crippen LogP contribution in [0.1, 0.15) is 51.4 Å². The first-order valence-electron chi connectivity index (χ1n) is 7.06. The molecule has 0 aliphatic carbocycles. The minimum Gasteiger partial charge on any atom is -0.478 e. The Morgan fingerprint density at radius 2 is 1.95 bits per heavy atom. The first-order chi connectivity index (χ1) is 10.4. The lowest BCUT2D eigenvalue weighted by molar-refractivity contribution is 0.0690. The predicted octanol–water partition coefficient (Wildman–Crippen LogP) is 2.31. The van der Waals surface area contributed by atoms with Gasteiger partial charge in [-0.25, -0.2) is 4.79 Å². The molecule has 0 bridgehead atoms. The van der Waals surface area contributed by atoms with Crippen LogP contribution in [-0.2, 0) is 7.05 Å². The van der Waals surface area contributed by atoms with Crippen molar-refractivity contribution in [2.45, 2.75) is 26.3 Å². The highest BCUT2D eigenvalue weighted by Crippen LogP contribution is 2.18. The zero-order valence-electron chi connectivity index (χ0n) is 12.8. The number of carbonyl (C=O) groups excluding carboxylic acids is 1. The number of hydrogen-bond acceptors (Lipinski definition) is 3. The van der Waals surface area contributed by atoms with Crippen LogP contribution in [0, 0.1) is 6.92 Å². The molecule has 22 heavy (non-hydrogen) atoms. The van der Waals surface area contributed by atoms with Gasteiger partial charge in [-0.05, 0) is 18.9 Å². The van der Waals surface area contributed by atoms with Gasteiger partial charge in [0, 0.05) is 7.05 Å². The zero-order valence-corrected chi connectivity index (χ0v) is 12.8. The summed E-state index contributed by atoms with van der Waals surface area (Å²) in [5, 5.41) is 15.9. The van der Waals surface area contributed by atoms with Crippen LogP contribution in [0.25, 0.3) is 0 Å². The number of carboxylic acid groups (broad SMARTS) is 1. The maximum absolute atomic E-state index is 12.4. The Balaban J connectivity index is 2.25. The largest absolute Gasteiger partial charge is 0.478 e. The number of aromatic nitrogens is 2. The molecule has 0 spiro atoms. The zero-order chi connectivity index (χ0) is 16.3. The molecule has 0 unspecified atom stereocenters. The smallest absolute Gasteiger partial charge is 0.339 e. The number of hydrogen-bond donors (Lipinski definition) is 2. The van der Waals surface area contributed by atoms with Crippen molar-refractivity contribution < 1.29 is 14.7 Å². The summed E-state index contributed by atoms with van der Waals surface area (Å²) in [6.45, 7) is 3.96. The van der Waals surface area contributed by atoms with Crippen molar-refractivity contribution in [2.75, 3.05) is 0 Å². The molecule has 1 aromatic carbocycles. The van der Waals surface area contributed by atoms with Crippen molar-refractivity contribution in [3.63, 3.8) is 0 Å². The Morgan fingerprint density at radius 1 is 1.32 bits per heavy atom. The van der Waals surface area contributed by atoms with E-state index in [0.29, 0.717) is 6.42 Å². The lowest BCUT2D eigenvalue weighted by Gasteiger charge is -2.18. The lowest BCUT2D eigenvalue weighted by Crippen LogP contribution is -2.31. The van der Waals surface area contributed by atoms with Crippen LogP contribution in [0.2, 0.25) is 0 Å². The molecule has 6 heteroatoms. The van der Waals surface area contributed by atoms with Gasteiger partial charge in [0.1, 0.15) is 11.3 Å². The molecule has 1 aromatic heterocycles. The van der Waals surface area contributed by atoms with Gasteiger partial charge in [-0.3, -0.25) is 9.48 Å². The summed E-state index contributed by atoms with van der Waals surface area (Å²) >= 11 is 0. The molecule has 1 amide bonds. The van der Waals surface area contributed by atoms with E-state index in [0.717, 1.165) is 11.1 Å². The van der Waals surface area contributed by atoms with Gasteiger partial charge in [0.2, 0.25) is 0 Å². The Hall–Kier alpha value is -2.63. The first kappa shape index (κ1) is 15.8. The number of aromatic carboxylic acids is 1. The molecular weight excluding hydrogens is 282 g/mol. The van der Waals surface area contributed by atoms with E-state index in [1.165, 1.54) is 10.9 Å². The third-order valence-corrected chi connectivity index (χ3v) is 3.58. The molecule has 2 aromatic rings. The van der Waals surface area contributed by atoms with E-state index in [-0.39, 0.29) is 17.3 Å². The highest BCUT2D eigenvalue weighted by atomic mass is 16.4. The molecule has 2 rings (SSSR count). The molecule has 0 radical (unpaired) electrons. The Morgan fingerprint density at radius 3 is 2.50 bits per heavy atom. The number of aryl methyl sites for hydroxylation is 2. The average Bonchev–Trinajstić information content (AvgIpc) is 2.87. The minimum absolute atomic E-state index is 0.0538. The first-order valence-corrected chi connectivity index (χ1v) is 7.06. The summed E-state index contributed by atoms with van der Waals surface area (Å²) in [6, 6.07) is 7.72. The summed E-state index contributed by atoms with van der Waals surface area (Å²) in [5.74, 6) is -1.61. The Bertz CT molecular complexity index is 689. The van der Waals surface area contributed by atoms with E-state index in [1.54, 1.807) is 7.05 Å². The third kappa shape index (κ3) is 3.16. The summed E-state index contributed by atoms with van der Waals surface area (Å²) < 4.78 is 1.28. The highest BCUT2D eigenvalue weighted by Gasteiger charge is 2.23. The van der Waals surface area contributed by atoms with Crippen molar-refractivity contribution in [3.8, 4) is 0 Å². The number of nitrogens with one attached hydrogen (secondary N) is 1. The van der Waals surface area contributed by atoms with Gasteiger partial charge in [0.15, 0.2) is 0 Å². The normalized spacial score (nSPS) is 12.0. The van der Waals surface area contributed by atoms with Crippen LogP contribution in [0.4, 0.5) is 0 Å². The molecule has 116 valence electrons. The standard InChI is InChI=1S/C16H19N3O3/c1-4-13(11-7-5-10(2)6-8-11)18-15(20)14-12(16(21)22)9-17-19(14)3/h5-9,13H,4H2,1-3H3,(H,18,20)(H,21,22)/t13-/m1/s1. The summed E-state index contributed by atoms with van der Waals surface area (Å²) in [5.41, 5.74) is 2.09. The predicted molar refractivity (Wildman–Crippen MR) is 81.8 cm³/mol. The monoisotopic (exact) mass is 301 g/mol. The molecule has 0 aliphatic rings. The van der Waals surface area contributed by atoms with Gasteiger partial charge in [0.25, 0.3) is 5.91 Å². The Kier molecular flexibility index (Phi) is 4.60. The maximum Gasteiger partial charge on any atom is 0.339 e. The van der Waals surface area contributed by atoms with Crippen molar-refractivity contribution in [3.05, 3.63) is 52.8 Å². The van der Waals surface area contributed by atoms with Crippen LogP contribution in [0.3, 0.4) is 0 Å². The van der Waals surface area contributed by atoms with Gasteiger partial charge >= 0.3 is 5.97 Å². The number of rotatable bonds is 5.